The van der Waals surface area contributed by atoms with E-state index in [1.807, 2.05) is 0 Å². The molecule has 1 fully saturated rings. The molecular formula is C51H75N3O24. The monoisotopic (exact) mass is 1110 g/mol. The minimum atomic E-state index is -0.938. The highest BCUT2D eigenvalue weighted by atomic mass is 16.7. The van der Waals surface area contributed by atoms with Crippen LogP contribution < -0.4 is 9.47 Å². The Kier molecular flexibility index (Phi) is 35.5. The molecule has 0 bridgehead atoms. The lowest BCUT2D eigenvalue weighted by atomic mass is 10.2. The van der Waals surface area contributed by atoms with Crippen molar-refractivity contribution in [1.29, 1.82) is 0 Å². The zero-order valence-corrected chi connectivity index (χ0v) is 44.2. The SMILES string of the molecule is O=C(ON1C(=O)CCC1=O)c1cc(OCCOCCOCCOCCOCCOCCOCCOCCN2C(=O)C=CC2=O)cc(OCCOCCOCCOCCOCCOCCOCCOCCN2C(=O)C=CC2=O)c1. The Morgan fingerprint density at radius 3 is 0.808 bits per heavy atom. The molecule has 27 heteroatoms. The fraction of sp³-hybridized carbons (Fsp3) is 0.667. The van der Waals surface area contributed by atoms with Crippen LogP contribution in [0.2, 0.25) is 0 Å². The second kappa shape index (κ2) is 42.6. The van der Waals surface area contributed by atoms with Gasteiger partial charge in [-0.1, -0.05) is 0 Å². The van der Waals surface area contributed by atoms with Crippen molar-refractivity contribution in [2.45, 2.75) is 12.8 Å². The summed E-state index contributed by atoms with van der Waals surface area (Å²) >= 11 is 0. The molecule has 0 aromatic heterocycles. The standard InChI is InChI=1S/C51H75N3O24/c55-45-1-2-46(56)52(45)7-9-62-11-13-64-15-17-66-19-21-68-23-25-70-27-29-72-31-33-74-35-37-76-43-39-42(51(61)78-54-49(59)5-6-50(54)60)40-44(41-43)77-38-36-75-34-32-73-30-28-71-26-24-69-22-20-67-18-16-65-14-12-63-10-8-53-47(57)3-4-48(53)58/h1-4,39-41H,5-38H2. The maximum absolute atomic E-state index is 13.0. The fourth-order valence-electron chi connectivity index (χ4n) is 6.54. The van der Waals surface area contributed by atoms with E-state index in [9.17, 15) is 33.6 Å². The smallest absolute Gasteiger partial charge is 0.364 e. The molecule has 4 rings (SSSR count). The van der Waals surface area contributed by atoms with E-state index in [2.05, 4.69) is 0 Å². The van der Waals surface area contributed by atoms with Crippen molar-refractivity contribution >= 4 is 41.4 Å². The van der Waals surface area contributed by atoms with Crippen LogP contribution in [0.25, 0.3) is 0 Å². The first-order valence-corrected chi connectivity index (χ1v) is 25.9. The first-order chi connectivity index (χ1) is 38.2. The molecule has 78 heavy (non-hydrogen) atoms. The number of amides is 6. The van der Waals surface area contributed by atoms with Gasteiger partial charge in [-0.3, -0.25) is 38.6 Å². The number of imide groups is 3. The van der Waals surface area contributed by atoms with Crippen molar-refractivity contribution in [1.82, 2.24) is 14.9 Å². The van der Waals surface area contributed by atoms with Crippen LogP contribution >= 0.6 is 0 Å². The lowest BCUT2D eigenvalue weighted by molar-refractivity contribution is -0.172. The maximum atomic E-state index is 13.0. The number of hydrogen-bond donors (Lipinski definition) is 0. The van der Waals surface area contributed by atoms with Crippen LogP contribution in [0.5, 0.6) is 11.5 Å². The molecule has 0 radical (unpaired) electrons. The summed E-state index contributed by atoms with van der Waals surface area (Å²) < 4.78 is 88.5. The van der Waals surface area contributed by atoms with Crippen LogP contribution in [0.3, 0.4) is 0 Å². The Balaban J connectivity index is 0.911. The zero-order valence-electron chi connectivity index (χ0n) is 44.2. The summed E-state index contributed by atoms with van der Waals surface area (Å²) in [5, 5.41) is 0.467. The molecule has 6 amide bonds. The number of rotatable bonds is 52. The van der Waals surface area contributed by atoms with Crippen molar-refractivity contribution < 1.29 is 114 Å². The second-order valence-corrected chi connectivity index (χ2v) is 16.2. The van der Waals surface area contributed by atoms with E-state index in [0.717, 1.165) is 9.80 Å². The molecule has 3 heterocycles. The lowest BCUT2D eigenvalue weighted by Crippen LogP contribution is -2.33. The van der Waals surface area contributed by atoms with Crippen molar-refractivity contribution in [2.24, 2.45) is 0 Å². The Bertz CT molecular complexity index is 1810. The zero-order chi connectivity index (χ0) is 55.5. The predicted molar refractivity (Wildman–Crippen MR) is 267 cm³/mol. The molecular weight excluding hydrogens is 1040 g/mol. The summed E-state index contributed by atoms with van der Waals surface area (Å²) in [4.78, 5) is 90.3. The van der Waals surface area contributed by atoms with Gasteiger partial charge in [0.05, 0.1) is 204 Å². The predicted octanol–water partition coefficient (Wildman–Crippen LogP) is -0.253. The van der Waals surface area contributed by atoms with Crippen molar-refractivity contribution in [3.63, 3.8) is 0 Å². The fourth-order valence-corrected chi connectivity index (χ4v) is 6.54. The minimum absolute atomic E-state index is 0.00522. The van der Waals surface area contributed by atoms with Gasteiger partial charge >= 0.3 is 5.97 Å². The van der Waals surface area contributed by atoms with Crippen molar-refractivity contribution in [2.75, 3.05) is 211 Å². The molecule has 438 valence electrons. The maximum Gasteiger partial charge on any atom is 0.364 e. The van der Waals surface area contributed by atoms with Gasteiger partial charge in [0.25, 0.3) is 35.4 Å². The number of benzene rings is 1. The molecule has 0 spiro atoms. The average molecular weight is 1110 g/mol. The second-order valence-electron chi connectivity index (χ2n) is 16.2. The van der Waals surface area contributed by atoms with E-state index in [1.54, 1.807) is 6.07 Å². The van der Waals surface area contributed by atoms with Crippen LogP contribution in [-0.4, -0.2) is 268 Å². The molecule has 1 aromatic rings. The van der Waals surface area contributed by atoms with E-state index in [-0.39, 0.29) is 106 Å². The first-order valence-electron chi connectivity index (χ1n) is 25.9. The van der Waals surface area contributed by atoms with Crippen LogP contribution in [0.1, 0.15) is 23.2 Å². The minimum Gasteiger partial charge on any atom is -0.491 e. The Morgan fingerprint density at radius 2 is 0.551 bits per heavy atom. The normalized spacial score (nSPS) is 14.4. The lowest BCUT2D eigenvalue weighted by Gasteiger charge is -2.15. The van der Waals surface area contributed by atoms with E-state index < -0.39 is 17.8 Å². The molecule has 0 unspecified atom stereocenters. The molecule has 0 atom stereocenters. The van der Waals surface area contributed by atoms with Crippen molar-refractivity contribution in [3.8, 4) is 11.5 Å². The average Bonchev–Trinajstić information content (AvgIpc) is 4.08. The number of carbonyl (C=O) groups excluding carboxylic acids is 7. The van der Waals surface area contributed by atoms with Crippen LogP contribution in [0, 0.1) is 0 Å². The van der Waals surface area contributed by atoms with Gasteiger partial charge in [-0.2, -0.15) is 0 Å². The van der Waals surface area contributed by atoms with Gasteiger partial charge in [0.15, 0.2) is 0 Å². The highest BCUT2D eigenvalue weighted by molar-refractivity contribution is 6.13. The molecule has 27 nitrogen and oxygen atoms in total. The highest BCUT2D eigenvalue weighted by Gasteiger charge is 2.33. The largest absolute Gasteiger partial charge is 0.491 e. The van der Waals surface area contributed by atoms with E-state index in [1.165, 1.54) is 36.4 Å². The van der Waals surface area contributed by atoms with Crippen LogP contribution in [-0.2, 0) is 99.9 Å². The van der Waals surface area contributed by atoms with Crippen LogP contribution in [0.4, 0.5) is 0 Å². The quantitative estimate of drug-likeness (QED) is 0.0600. The molecule has 0 N–H and O–H groups in total. The van der Waals surface area contributed by atoms with Gasteiger partial charge < -0.3 is 80.6 Å². The van der Waals surface area contributed by atoms with E-state index >= 15 is 0 Å². The van der Waals surface area contributed by atoms with Gasteiger partial charge in [0.1, 0.15) is 24.7 Å². The molecule has 3 aliphatic rings. The molecule has 0 saturated carbocycles. The van der Waals surface area contributed by atoms with Gasteiger partial charge in [-0.25, -0.2) is 4.79 Å². The molecule has 1 aromatic carbocycles. The topological polar surface area (TPSA) is 286 Å². The summed E-state index contributed by atoms with van der Waals surface area (Å²) in [6.07, 6.45) is 4.86. The van der Waals surface area contributed by atoms with E-state index in [4.69, 9.17) is 80.6 Å². The number of carbonyl (C=O) groups is 7. The Hall–Kier alpha value is -5.37. The highest BCUT2D eigenvalue weighted by Crippen LogP contribution is 2.25. The summed E-state index contributed by atoms with van der Waals surface area (Å²) in [6, 6.07) is 4.39. The Labute approximate surface area is 453 Å². The summed E-state index contributed by atoms with van der Waals surface area (Å²) in [7, 11) is 0. The third-order valence-electron chi connectivity index (χ3n) is 10.5. The third-order valence-corrected chi connectivity index (χ3v) is 10.5. The van der Waals surface area contributed by atoms with Gasteiger partial charge in [-0.15, -0.1) is 5.06 Å². The summed E-state index contributed by atoms with van der Waals surface area (Å²) in [5.74, 6) is -2.95. The van der Waals surface area contributed by atoms with Gasteiger partial charge in [-0.05, 0) is 12.1 Å². The van der Waals surface area contributed by atoms with E-state index in [0.29, 0.717) is 164 Å². The number of nitrogens with zero attached hydrogens (tertiary/aromatic N) is 3. The van der Waals surface area contributed by atoms with Gasteiger partial charge in [0, 0.05) is 43.2 Å². The summed E-state index contributed by atoms with van der Waals surface area (Å²) in [5.41, 5.74) is -0.00522. The first kappa shape index (κ1) is 65.2. The Morgan fingerprint density at radius 1 is 0.321 bits per heavy atom. The molecule has 3 aliphatic heterocycles. The van der Waals surface area contributed by atoms with Crippen molar-refractivity contribution in [3.05, 3.63) is 48.1 Å². The number of hydrogen-bond acceptors (Lipinski definition) is 24. The van der Waals surface area contributed by atoms with Gasteiger partial charge in [0.2, 0.25) is 0 Å². The third kappa shape index (κ3) is 29.6. The molecule has 0 aliphatic carbocycles. The number of hydroxylamine groups is 2. The number of ether oxygens (including phenoxy) is 16. The van der Waals surface area contributed by atoms with Crippen LogP contribution in [0.15, 0.2) is 42.5 Å². The summed E-state index contributed by atoms with van der Waals surface area (Å²) in [6.45, 7) is 10.6. The molecule has 1 saturated heterocycles.